The number of carbonyl (C=O) groups excluding carboxylic acids is 2. The highest BCUT2D eigenvalue weighted by Crippen LogP contribution is 2.22. The zero-order valence-corrected chi connectivity index (χ0v) is 12.1. The molecule has 0 saturated heterocycles. The number of benzene rings is 1. The van der Waals surface area contributed by atoms with Gasteiger partial charge in [0.1, 0.15) is 0 Å². The van der Waals surface area contributed by atoms with Gasteiger partial charge in [-0.25, -0.2) is 4.79 Å². The molecule has 6 nitrogen and oxygen atoms in total. The maximum atomic E-state index is 11.6. The van der Waals surface area contributed by atoms with E-state index in [-0.39, 0.29) is 22.8 Å². The average molecular weight is 318 g/mol. The Kier molecular flexibility index (Phi) is 6.33. The fraction of sp³-hybridized carbons (Fsp3) is 0.250. The molecule has 1 aromatic rings. The van der Waals surface area contributed by atoms with Crippen molar-refractivity contribution in [1.82, 2.24) is 0 Å². The smallest absolute Gasteiger partial charge is 0.339 e. The van der Waals surface area contributed by atoms with Crippen molar-refractivity contribution >= 4 is 46.9 Å². The molecule has 0 aliphatic heterocycles. The van der Waals surface area contributed by atoms with Crippen molar-refractivity contribution in [3.63, 3.8) is 0 Å². The molecule has 0 saturated carbocycles. The summed E-state index contributed by atoms with van der Waals surface area (Å²) >= 11 is 6.76. The van der Waals surface area contributed by atoms with Gasteiger partial charge in [-0.3, -0.25) is 9.59 Å². The largest absolute Gasteiger partial charge is 0.481 e. The normalized spacial score (nSPS) is 9.90. The molecule has 0 unspecified atom stereocenters. The van der Waals surface area contributed by atoms with Crippen molar-refractivity contribution in [3.05, 3.63) is 28.8 Å². The average Bonchev–Trinajstić information content (AvgIpc) is 2.37. The lowest BCUT2D eigenvalue weighted by Crippen LogP contribution is -2.18. The molecule has 0 fully saturated rings. The van der Waals surface area contributed by atoms with E-state index in [1.54, 1.807) is 0 Å². The van der Waals surface area contributed by atoms with Crippen LogP contribution in [0.4, 0.5) is 5.69 Å². The Bertz CT molecular complexity index is 535. The fourth-order valence-corrected chi connectivity index (χ4v) is 2.03. The van der Waals surface area contributed by atoms with Crippen LogP contribution < -0.4 is 5.32 Å². The van der Waals surface area contributed by atoms with Crippen LogP contribution in [-0.2, 0) is 14.3 Å². The minimum Gasteiger partial charge on any atom is -0.481 e. The Morgan fingerprint density at radius 3 is 2.65 bits per heavy atom. The van der Waals surface area contributed by atoms with E-state index in [0.29, 0.717) is 5.02 Å². The second kappa shape index (κ2) is 7.76. The predicted octanol–water partition coefficient (Wildman–Crippen LogP) is 1.88. The number of amides is 1. The van der Waals surface area contributed by atoms with Gasteiger partial charge in [0.25, 0.3) is 0 Å². The van der Waals surface area contributed by atoms with Crippen LogP contribution in [0.2, 0.25) is 5.02 Å². The first-order chi connectivity index (χ1) is 9.43. The van der Waals surface area contributed by atoms with Crippen LogP contribution in [0.5, 0.6) is 0 Å². The molecule has 0 atom stereocenters. The summed E-state index contributed by atoms with van der Waals surface area (Å²) in [7, 11) is 1.23. The molecule has 0 radical (unpaired) electrons. The van der Waals surface area contributed by atoms with E-state index < -0.39 is 17.8 Å². The Balaban J connectivity index is 2.75. The molecular weight excluding hydrogens is 306 g/mol. The van der Waals surface area contributed by atoms with Gasteiger partial charge in [0.15, 0.2) is 0 Å². The van der Waals surface area contributed by atoms with E-state index in [2.05, 4.69) is 10.1 Å². The first-order valence-electron chi connectivity index (χ1n) is 5.41. The lowest BCUT2D eigenvalue weighted by molar-refractivity contribution is -0.133. The number of hydrogen-bond acceptors (Lipinski definition) is 5. The fourth-order valence-electron chi connectivity index (χ4n) is 1.33. The Morgan fingerprint density at radius 2 is 2.05 bits per heavy atom. The zero-order valence-electron chi connectivity index (χ0n) is 10.5. The predicted molar refractivity (Wildman–Crippen MR) is 76.4 cm³/mol. The van der Waals surface area contributed by atoms with Gasteiger partial charge in [-0.15, -0.1) is 11.8 Å². The summed E-state index contributed by atoms with van der Waals surface area (Å²) in [5, 5.41) is 11.3. The molecule has 0 aromatic heterocycles. The third-order valence-electron chi connectivity index (χ3n) is 2.12. The van der Waals surface area contributed by atoms with Crippen LogP contribution in [0.25, 0.3) is 0 Å². The molecule has 1 aromatic carbocycles. The number of carbonyl (C=O) groups is 3. The zero-order chi connectivity index (χ0) is 15.1. The molecule has 0 bridgehead atoms. The number of rotatable bonds is 6. The van der Waals surface area contributed by atoms with Gasteiger partial charge < -0.3 is 15.2 Å². The van der Waals surface area contributed by atoms with Crippen LogP contribution in [0, 0.1) is 0 Å². The van der Waals surface area contributed by atoms with Crippen molar-refractivity contribution in [2.45, 2.75) is 0 Å². The second-order valence-corrected chi connectivity index (χ2v) is 5.04. The summed E-state index contributed by atoms with van der Waals surface area (Å²) in [5.41, 5.74) is 0.402. The van der Waals surface area contributed by atoms with Crippen molar-refractivity contribution in [2.75, 3.05) is 23.9 Å². The first kappa shape index (κ1) is 16.3. The molecule has 0 heterocycles. The van der Waals surface area contributed by atoms with Gasteiger partial charge in [0.2, 0.25) is 5.91 Å². The van der Waals surface area contributed by atoms with Crippen molar-refractivity contribution in [3.8, 4) is 0 Å². The molecular formula is C12H12ClNO5S. The lowest BCUT2D eigenvalue weighted by Gasteiger charge is -2.10. The summed E-state index contributed by atoms with van der Waals surface area (Å²) in [6, 6.07) is 4.37. The number of ether oxygens (including phenoxy) is 1. The number of carboxylic acids is 1. The third kappa shape index (κ3) is 5.10. The molecule has 0 aliphatic rings. The minimum atomic E-state index is -0.999. The number of halogens is 1. The van der Waals surface area contributed by atoms with E-state index in [9.17, 15) is 14.4 Å². The highest BCUT2D eigenvalue weighted by molar-refractivity contribution is 8.00. The van der Waals surface area contributed by atoms with E-state index in [1.165, 1.54) is 25.3 Å². The van der Waals surface area contributed by atoms with Gasteiger partial charge in [-0.05, 0) is 18.2 Å². The number of methoxy groups -OCH3 is 1. The summed E-state index contributed by atoms with van der Waals surface area (Å²) < 4.78 is 4.59. The van der Waals surface area contributed by atoms with Crippen molar-refractivity contribution in [2.24, 2.45) is 0 Å². The third-order valence-corrected chi connectivity index (χ3v) is 3.27. The van der Waals surface area contributed by atoms with Crippen LogP contribution in [-0.4, -0.2) is 41.6 Å². The van der Waals surface area contributed by atoms with E-state index in [1.807, 2.05) is 0 Å². The number of esters is 1. The highest BCUT2D eigenvalue weighted by atomic mass is 35.5. The Morgan fingerprint density at radius 1 is 1.35 bits per heavy atom. The minimum absolute atomic E-state index is 0.0422. The molecule has 0 aliphatic carbocycles. The van der Waals surface area contributed by atoms with Crippen LogP contribution >= 0.6 is 23.4 Å². The van der Waals surface area contributed by atoms with Crippen LogP contribution in [0.1, 0.15) is 10.4 Å². The summed E-state index contributed by atoms with van der Waals surface area (Å²) in [6.07, 6.45) is 0. The summed E-state index contributed by atoms with van der Waals surface area (Å²) in [4.78, 5) is 33.5. The summed E-state index contributed by atoms with van der Waals surface area (Å²) in [6.45, 7) is 0. The number of anilines is 1. The maximum absolute atomic E-state index is 11.6. The van der Waals surface area contributed by atoms with Crippen LogP contribution in [0.3, 0.4) is 0 Å². The number of nitrogens with one attached hydrogen (secondary N) is 1. The Labute approximate surface area is 124 Å². The van der Waals surface area contributed by atoms with E-state index in [0.717, 1.165) is 11.8 Å². The number of hydrogen-bond donors (Lipinski definition) is 2. The van der Waals surface area contributed by atoms with E-state index in [4.69, 9.17) is 16.7 Å². The standard InChI is InChI=1S/C12H12ClNO5S/c1-19-12(18)8-3-2-7(13)4-9(8)14-10(15)5-20-6-11(16)17/h2-4H,5-6H2,1H3,(H,14,15)(H,16,17). The summed E-state index contributed by atoms with van der Waals surface area (Å²) in [5.74, 6) is -2.24. The molecule has 1 rings (SSSR count). The van der Waals surface area contributed by atoms with Crippen molar-refractivity contribution < 1.29 is 24.2 Å². The monoisotopic (exact) mass is 317 g/mol. The van der Waals surface area contributed by atoms with Gasteiger partial charge in [-0.1, -0.05) is 11.6 Å². The molecule has 0 spiro atoms. The first-order valence-corrected chi connectivity index (χ1v) is 6.94. The quantitative estimate of drug-likeness (QED) is 0.778. The number of aliphatic carboxylic acids is 1. The molecule has 1 amide bonds. The molecule has 2 N–H and O–H groups in total. The maximum Gasteiger partial charge on any atom is 0.339 e. The van der Waals surface area contributed by atoms with Crippen molar-refractivity contribution in [1.29, 1.82) is 0 Å². The van der Waals surface area contributed by atoms with E-state index >= 15 is 0 Å². The Hall–Kier alpha value is -1.73. The van der Waals surface area contributed by atoms with Crippen LogP contribution in [0.15, 0.2) is 18.2 Å². The SMILES string of the molecule is COC(=O)c1ccc(Cl)cc1NC(=O)CSCC(=O)O. The van der Waals surface area contributed by atoms with Gasteiger partial charge >= 0.3 is 11.9 Å². The highest BCUT2D eigenvalue weighted by Gasteiger charge is 2.14. The van der Waals surface area contributed by atoms with Gasteiger partial charge in [0, 0.05) is 5.02 Å². The molecule has 108 valence electrons. The number of carboxylic acid groups (broad SMARTS) is 1. The topological polar surface area (TPSA) is 92.7 Å². The molecule has 8 heteroatoms. The van der Waals surface area contributed by atoms with Gasteiger partial charge in [-0.2, -0.15) is 0 Å². The molecule has 20 heavy (non-hydrogen) atoms. The second-order valence-electron chi connectivity index (χ2n) is 3.62. The van der Waals surface area contributed by atoms with Gasteiger partial charge in [0.05, 0.1) is 29.9 Å². The lowest BCUT2D eigenvalue weighted by atomic mass is 10.2. The number of thioether (sulfide) groups is 1.